The van der Waals surface area contributed by atoms with Gasteiger partial charge in [-0.3, -0.25) is 9.59 Å². The number of allylic oxidation sites excluding steroid dienone is 3. The SMILES string of the molecule is CC1=CC(c2cc(=O)n(C)cc2-c2cccc(OCCN(C)C)c2)=CCC1(C)S(=O)(=O)n1c(-c2cnn(C(F)(F)F)c2)cc2cc[nH]c(=O)c21. The Kier molecular flexibility index (Phi) is 8.76. The molecule has 1 N–H and O–H groups in total. The number of pyridine rings is 2. The van der Waals surface area contributed by atoms with Crippen LogP contribution in [0.5, 0.6) is 5.75 Å². The van der Waals surface area contributed by atoms with Crippen molar-refractivity contribution in [1.82, 2.24) is 28.2 Å². The third-order valence-electron chi connectivity index (χ3n) is 9.04. The molecule has 0 amide bonds. The number of nitrogens with zero attached hydrogens (tertiary/aromatic N) is 5. The van der Waals surface area contributed by atoms with Crippen LogP contribution in [0.2, 0.25) is 0 Å². The van der Waals surface area contributed by atoms with Crippen molar-refractivity contribution in [3.8, 4) is 28.1 Å². The lowest BCUT2D eigenvalue weighted by atomic mass is 9.85. The van der Waals surface area contributed by atoms with Gasteiger partial charge in [0.25, 0.3) is 11.1 Å². The lowest BCUT2D eigenvalue weighted by Gasteiger charge is -2.34. The minimum absolute atomic E-state index is 0.0685. The minimum atomic E-state index is -4.83. The number of hydrogen-bond donors (Lipinski definition) is 1. The highest BCUT2D eigenvalue weighted by atomic mass is 32.2. The molecule has 0 bridgehead atoms. The second-order valence-corrected chi connectivity index (χ2v) is 14.9. The second kappa shape index (κ2) is 12.6. The standard InChI is InChI=1S/C35H35F3N6O5S/c1-22-15-24(28-18-31(45)42(5)21-29(28)23-7-6-8-27(16-23)49-14-13-41(3)4)9-11-34(22,2)50(47,48)44-30(17-25-10-12-39-33(46)32(25)44)26-19-40-43(20-26)35(36,37)38/h6-10,12,15-21H,11,13-14H2,1-5H3,(H,39,46). The van der Waals surface area contributed by atoms with E-state index in [-0.39, 0.29) is 38.8 Å². The third kappa shape index (κ3) is 6.11. The second-order valence-electron chi connectivity index (χ2n) is 12.7. The number of aromatic nitrogens is 5. The fourth-order valence-corrected chi connectivity index (χ4v) is 8.00. The summed E-state index contributed by atoms with van der Waals surface area (Å²) in [6.07, 6.45) is 3.15. The van der Waals surface area contributed by atoms with E-state index in [0.717, 1.165) is 27.8 Å². The van der Waals surface area contributed by atoms with Gasteiger partial charge in [0.2, 0.25) is 10.0 Å². The molecule has 1 unspecified atom stereocenters. The highest BCUT2D eigenvalue weighted by Crippen LogP contribution is 2.43. The van der Waals surface area contributed by atoms with E-state index in [9.17, 15) is 31.2 Å². The Morgan fingerprint density at radius 1 is 1.06 bits per heavy atom. The van der Waals surface area contributed by atoms with Crippen LogP contribution in [0.1, 0.15) is 25.8 Å². The Balaban J connectivity index is 1.44. The first-order chi connectivity index (χ1) is 23.5. The quantitative estimate of drug-likeness (QED) is 0.219. The van der Waals surface area contributed by atoms with Crippen molar-refractivity contribution in [3.05, 3.63) is 111 Å². The molecule has 0 radical (unpaired) electrons. The van der Waals surface area contributed by atoms with Crippen molar-refractivity contribution in [2.75, 3.05) is 27.2 Å². The van der Waals surface area contributed by atoms with Gasteiger partial charge in [0, 0.05) is 54.8 Å². The zero-order chi connectivity index (χ0) is 36.2. The van der Waals surface area contributed by atoms with Crippen molar-refractivity contribution in [1.29, 1.82) is 0 Å². The molecule has 11 nitrogen and oxygen atoms in total. The van der Waals surface area contributed by atoms with Crippen LogP contribution in [0.3, 0.4) is 0 Å². The number of hydrogen-bond acceptors (Lipinski definition) is 7. The molecule has 4 aromatic heterocycles. The zero-order valence-corrected chi connectivity index (χ0v) is 28.8. The maximum atomic E-state index is 14.8. The molecule has 0 saturated carbocycles. The molecule has 0 saturated heterocycles. The number of ether oxygens (including phenoxy) is 1. The molecule has 1 atom stereocenters. The number of H-pyrrole nitrogens is 1. The monoisotopic (exact) mass is 708 g/mol. The molecule has 0 spiro atoms. The summed E-state index contributed by atoms with van der Waals surface area (Å²) < 4.78 is 76.3. The predicted octanol–water partition coefficient (Wildman–Crippen LogP) is 5.35. The van der Waals surface area contributed by atoms with E-state index in [4.69, 9.17) is 4.74 Å². The predicted molar refractivity (Wildman–Crippen MR) is 185 cm³/mol. The number of likely N-dealkylation sites (N-methyl/N-ethyl adjacent to an activating group) is 1. The molecule has 262 valence electrons. The summed E-state index contributed by atoms with van der Waals surface area (Å²) in [5, 5.41) is 3.61. The van der Waals surface area contributed by atoms with Gasteiger partial charge in [-0.1, -0.05) is 24.3 Å². The summed E-state index contributed by atoms with van der Waals surface area (Å²) >= 11 is 0. The van der Waals surface area contributed by atoms with Crippen molar-refractivity contribution < 1.29 is 26.3 Å². The van der Waals surface area contributed by atoms with Gasteiger partial charge in [0.1, 0.15) is 22.6 Å². The van der Waals surface area contributed by atoms with Crippen LogP contribution in [-0.4, -0.2) is 68.6 Å². The molecule has 1 aliphatic carbocycles. The topological polar surface area (TPSA) is 124 Å². The first-order valence-corrected chi connectivity index (χ1v) is 17.0. The molecular weight excluding hydrogens is 673 g/mol. The molecule has 5 aromatic rings. The molecule has 50 heavy (non-hydrogen) atoms. The van der Waals surface area contributed by atoms with Crippen LogP contribution < -0.4 is 15.9 Å². The van der Waals surface area contributed by atoms with E-state index in [1.807, 2.05) is 43.3 Å². The lowest BCUT2D eigenvalue weighted by Crippen LogP contribution is -2.42. The molecule has 1 aliphatic rings. The molecule has 0 aliphatic heterocycles. The van der Waals surface area contributed by atoms with E-state index in [1.165, 1.54) is 35.9 Å². The summed E-state index contributed by atoms with van der Waals surface area (Å²) in [4.78, 5) is 30.5. The van der Waals surface area contributed by atoms with Gasteiger partial charge in [0.15, 0.2) is 0 Å². The van der Waals surface area contributed by atoms with Crippen LogP contribution in [0.15, 0.2) is 94.6 Å². The van der Waals surface area contributed by atoms with Crippen LogP contribution >= 0.6 is 0 Å². The van der Waals surface area contributed by atoms with Crippen LogP contribution in [0, 0.1) is 0 Å². The number of benzene rings is 1. The van der Waals surface area contributed by atoms with Crippen molar-refractivity contribution >= 4 is 26.5 Å². The Morgan fingerprint density at radius 2 is 1.82 bits per heavy atom. The molecule has 1 aromatic carbocycles. The fourth-order valence-electron chi connectivity index (χ4n) is 5.99. The summed E-state index contributed by atoms with van der Waals surface area (Å²) in [7, 11) is 1.00. The normalized spacial score (nSPS) is 16.9. The lowest BCUT2D eigenvalue weighted by molar-refractivity contribution is -0.212. The Labute approximate surface area is 285 Å². The van der Waals surface area contributed by atoms with E-state index < -0.39 is 26.6 Å². The fraction of sp³-hybridized carbons (Fsp3) is 0.286. The molecule has 6 rings (SSSR count). The Bertz CT molecular complexity index is 2420. The van der Waals surface area contributed by atoms with Gasteiger partial charge in [-0.25, -0.2) is 12.4 Å². The molecule has 15 heteroatoms. The van der Waals surface area contributed by atoms with Gasteiger partial charge < -0.3 is 19.2 Å². The largest absolute Gasteiger partial charge is 0.504 e. The van der Waals surface area contributed by atoms with E-state index >= 15 is 0 Å². The van der Waals surface area contributed by atoms with Crippen LogP contribution in [0.4, 0.5) is 13.2 Å². The average Bonchev–Trinajstić information content (AvgIpc) is 3.70. The Hall–Kier alpha value is -5.15. The maximum absolute atomic E-state index is 14.8. The average molecular weight is 709 g/mol. The summed E-state index contributed by atoms with van der Waals surface area (Å²) in [6, 6.07) is 11.8. The number of nitrogens with one attached hydrogen (secondary N) is 1. The number of halogens is 3. The van der Waals surface area contributed by atoms with Crippen molar-refractivity contribution in [2.24, 2.45) is 7.05 Å². The number of aryl methyl sites for hydroxylation is 1. The summed E-state index contributed by atoms with van der Waals surface area (Å²) in [5.74, 6) is 0.651. The highest BCUT2D eigenvalue weighted by Gasteiger charge is 2.45. The smallest absolute Gasteiger partial charge is 0.492 e. The van der Waals surface area contributed by atoms with Gasteiger partial charge >= 0.3 is 6.30 Å². The number of alkyl halides is 3. The number of rotatable bonds is 9. The highest BCUT2D eigenvalue weighted by molar-refractivity contribution is 7.91. The molecule has 4 heterocycles. The van der Waals surface area contributed by atoms with Crippen LogP contribution in [0.25, 0.3) is 38.9 Å². The van der Waals surface area contributed by atoms with Crippen molar-refractivity contribution in [2.45, 2.75) is 31.3 Å². The summed E-state index contributed by atoms with van der Waals surface area (Å²) in [6.45, 7) is 4.35. The van der Waals surface area contributed by atoms with Crippen molar-refractivity contribution in [3.63, 3.8) is 0 Å². The van der Waals surface area contributed by atoms with E-state index in [2.05, 4.69) is 10.1 Å². The number of fused-ring (bicyclic) bond motifs is 1. The minimum Gasteiger partial charge on any atom is -0.492 e. The van der Waals surface area contributed by atoms with Gasteiger partial charge in [-0.15, -0.1) is 13.2 Å². The van der Waals surface area contributed by atoms with E-state index in [0.29, 0.717) is 35.3 Å². The molecular formula is C35H35F3N6O5S. The van der Waals surface area contributed by atoms with E-state index in [1.54, 1.807) is 32.3 Å². The maximum Gasteiger partial charge on any atom is 0.504 e. The van der Waals surface area contributed by atoms with Gasteiger partial charge in [-0.2, -0.15) is 9.78 Å². The van der Waals surface area contributed by atoms with Gasteiger partial charge in [0.05, 0.1) is 11.9 Å². The zero-order valence-electron chi connectivity index (χ0n) is 27.9. The number of aromatic amines is 1. The first kappa shape index (κ1) is 34.7. The van der Waals surface area contributed by atoms with Gasteiger partial charge in [-0.05, 0) is 80.9 Å². The summed E-state index contributed by atoms with van der Waals surface area (Å²) in [5.41, 5.74) is 1.60. The third-order valence-corrected chi connectivity index (χ3v) is 11.5. The van der Waals surface area contributed by atoms with Crippen LogP contribution in [-0.2, 0) is 23.4 Å². The first-order valence-electron chi connectivity index (χ1n) is 15.6. The molecule has 0 fully saturated rings. The Morgan fingerprint density at radius 3 is 2.50 bits per heavy atom.